The van der Waals surface area contributed by atoms with Crippen molar-refractivity contribution >= 4 is 11.7 Å². The first-order chi connectivity index (χ1) is 10.4. The van der Waals surface area contributed by atoms with Gasteiger partial charge in [0.1, 0.15) is 0 Å². The zero-order chi connectivity index (χ0) is 17.0. The summed E-state index contributed by atoms with van der Waals surface area (Å²) in [6.45, 7) is 3.02. The molecule has 18 nitrogen and oxygen atoms in total. The molecule has 4 atom stereocenters. The third-order valence-electron chi connectivity index (χ3n) is 1.39. The second-order valence-electron chi connectivity index (χ2n) is 2.84. The number of hydroxylamine groups is 2. The first-order valence-corrected chi connectivity index (χ1v) is 4.94. The van der Waals surface area contributed by atoms with Gasteiger partial charge in [0.15, 0.2) is 6.20 Å². The van der Waals surface area contributed by atoms with Crippen molar-refractivity contribution < 1.29 is 35.6 Å². The van der Waals surface area contributed by atoms with Crippen LogP contribution in [0.25, 0.3) is 0 Å². The van der Waals surface area contributed by atoms with Gasteiger partial charge in [-0.2, -0.15) is 5.23 Å². The molecule has 0 rings (SSSR count). The summed E-state index contributed by atoms with van der Waals surface area (Å²) < 4.78 is 0. The maximum absolute atomic E-state index is 11.1. The van der Waals surface area contributed by atoms with Crippen molar-refractivity contribution in [3.63, 3.8) is 0 Å². The zero-order valence-electron chi connectivity index (χ0n) is 10.8. The molecule has 0 fully saturated rings. The van der Waals surface area contributed by atoms with Gasteiger partial charge >= 0.3 is 0 Å². The second kappa shape index (κ2) is 10.9. The molecule has 0 aliphatic rings. The Labute approximate surface area is 121 Å². The topological polar surface area (TPSA) is 247 Å². The number of nitrogens with two attached hydrogens (primary N) is 2. The van der Waals surface area contributed by atoms with E-state index in [9.17, 15) is 15.6 Å². The van der Waals surface area contributed by atoms with Gasteiger partial charge in [-0.05, 0) is 32.0 Å². The normalized spacial score (nSPS) is 17.5. The summed E-state index contributed by atoms with van der Waals surface area (Å²) in [6.07, 6.45) is 0.584. The fraction of sp³-hybridized carbons (Fsp3) is 0. The lowest BCUT2D eigenvalue weighted by molar-refractivity contribution is -1.26. The van der Waals surface area contributed by atoms with E-state index in [0.29, 0.717) is 6.20 Å². The minimum Gasteiger partial charge on any atom is -0.593 e. The Kier molecular flexibility index (Phi) is 10.0. The summed E-state index contributed by atoms with van der Waals surface area (Å²) in [5.41, 5.74) is 7.20. The summed E-state index contributed by atoms with van der Waals surface area (Å²) in [4.78, 5) is 11.4. The average molecular weight is 327 g/mol. The Balaban J connectivity index is 4.82. The SMILES string of the molecule is C=C=N[NH+]([O-])ON[N+](NN)(NO[NH+](N)[O-])NO[NH+]([O-])C=C=N. The van der Waals surface area contributed by atoms with Crippen LogP contribution >= 0.6 is 0 Å². The van der Waals surface area contributed by atoms with Crippen molar-refractivity contribution in [1.82, 2.24) is 22.3 Å². The molecule has 126 valence electrons. The highest BCUT2D eigenvalue weighted by atomic mass is 17.1. The molecule has 4 unspecified atom stereocenters. The third kappa shape index (κ3) is 8.53. The standard InChI is InChI=1S/C4H15N12O6/c1-2-8-15(19)22-12-16(9-6,11-21-14(7)18)10-20-13(17)4-3-5/h4-5,9-15H,1,6-7H2/q+1. The Hall–Kier alpha value is -1.74. The van der Waals surface area contributed by atoms with Crippen LogP contribution in [0.5, 0.6) is 0 Å². The number of hydrogen-bond acceptors (Lipinski definition) is 14. The van der Waals surface area contributed by atoms with E-state index in [0.717, 1.165) is 0 Å². The van der Waals surface area contributed by atoms with E-state index in [2.05, 4.69) is 26.5 Å². The monoisotopic (exact) mass is 327 g/mol. The summed E-state index contributed by atoms with van der Waals surface area (Å²) in [5.74, 6) is 13.3. The Bertz CT molecular complexity index is 378. The molecule has 0 saturated heterocycles. The Morgan fingerprint density at radius 3 is 2.32 bits per heavy atom. The van der Waals surface area contributed by atoms with Crippen LogP contribution < -0.4 is 49.9 Å². The van der Waals surface area contributed by atoms with Crippen molar-refractivity contribution in [1.29, 1.82) is 5.41 Å². The summed E-state index contributed by atoms with van der Waals surface area (Å²) >= 11 is 0. The first-order valence-electron chi connectivity index (χ1n) is 4.94. The van der Waals surface area contributed by atoms with E-state index in [-0.39, 0.29) is 0 Å². The van der Waals surface area contributed by atoms with Crippen LogP contribution in [0.4, 0.5) is 0 Å². The number of nitrogens with one attached hydrogen (secondary N) is 8. The molecule has 18 heteroatoms. The van der Waals surface area contributed by atoms with E-state index in [1.54, 1.807) is 17.0 Å². The average Bonchev–Trinajstić information content (AvgIpc) is 2.47. The van der Waals surface area contributed by atoms with E-state index in [1.165, 1.54) is 0 Å². The van der Waals surface area contributed by atoms with Gasteiger partial charge in [0.25, 0.3) is 0 Å². The molecule has 0 amide bonds. The van der Waals surface area contributed by atoms with E-state index < -0.39 is 20.8 Å². The van der Waals surface area contributed by atoms with E-state index in [1.807, 2.05) is 17.0 Å². The molecule has 0 aromatic heterocycles. The van der Waals surface area contributed by atoms with Gasteiger partial charge in [0, 0.05) is 11.7 Å². The highest BCUT2D eigenvalue weighted by molar-refractivity contribution is 5.45. The molecular weight excluding hydrogens is 312 g/mol. The molecule has 0 heterocycles. The molecule has 0 aromatic rings. The van der Waals surface area contributed by atoms with Crippen LogP contribution in [0.3, 0.4) is 0 Å². The molecule has 0 aliphatic carbocycles. The van der Waals surface area contributed by atoms with Gasteiger partial charge in [-0.15, -0.1) is 11.2 Å². The fourth-order valence-corrected chi connectivity index (χ4v) is 0.645. The summed E-state index contributed by atoms with van der Waals surface area (Å²) in [5, 5.41) is 38.5. The van der Waals surface area contributed by atoms with Gasteiger partial charge in [0.2, 0.25) is 0 Å². The van der Waals surface area contributed by atoms with Crippen LogP contribution in [0, 0.1) is 21.0 Å². The highest BCUT2D eigenvalue weighted by Gasteiger charge is 2.35. The molecule has 0 spiro atoms. The number of hydrogen-bond donors (Lipinski definition) is 10. The summed E-state index contributed by atoms with van der Waals surface area (Å²) in [7, 11) is 0. The largest absolute Gasteiger partial charge is 0.593 e. The van der Waals surface area contributed by atoms with Crippen molar-refractivity contribution in [3.8, 4) is 0 Å². The molecule has 0 aromatic carbocycles. The van der Waals surface area contributed by atoms with Crippen LogP contribution in [-0.2, 0) is 14.8 Å². The highest BCUT2D eigenvalue weighted by Crippen LogP contribution is 1.79. The fourth-order valence-electron chi connectivity index (χ4n) is 0.645. The predicted molar refractivity (Wildman–Crippen MR) is 62.8 cm³/mol. The molecule has 0 aliphatic heterocycles. The maximum atomic E-state index is 11.1. The quantitative estimate of drug-likeness (QED) is 0.0694. The van der Waals surface area contributed by atoms with Gasteiger partial charge in [0.05, 0.1) is 21.7 Å². The van der Waals surface area contributed by atoms with Crippen molar-refractivity contribution in [2.75, 3.05) is 0 Å². The third-order valence-corrected chi connectivity index (χ3v) is 1.39. The lowest BCUT2D eigenvalue weighted by Crippen LogP contribution is -3.15. The van der Waals surface area contributed by atoms with Crippen LogP contribution in [0.1, 0.15) is 0 Å². The van der Waals surface area contributed by atoms with Crippen LogP contribution in [0.2, 0.25) is 0 Å². The number of nitrogens with zero attached hydrogens (tertiary/aromatic N) is 2. The van der Waals surface area contributed by atoms with Gasteiger partial charge in [-0.3, -0.25) is 5.41 Å². The van der Waals surface area contributed by atoms with Crippen molar-refractivity contribution in [2.24, 2.45) is 16.8 Å². The van der Waals surface area contributed by atoms with Gasteiger partial charge < -0.3 is 15.6 Å². The smallest absolute Gasteiger partial charge is 0.191 e. The van der Waals surface area contributed by atoms with E-state index in [4.69, 9.17) is 17.1 Å². The minimum atomic E-state index is -1.47. The molecule has 0 bridgehead atoms. The number of hydrazine groups is 1. The van der Waals surface area contributed by atoms with Crippen molar-refractivity contribution in [3.05, 3.63) is 28.4 Å². The number of quaternary nitrogens is 4. The van der Waals surface area contributed by atoms with Crippen LogP contribution in [-0.4, -0.2) is 16.7 Å². The lowest BCUT2D eigenvalue weighted by atomic mass is 11.0. The molecule has 12 N–H and O–H groups in total. The zero-order valence-corrected chi connectivity index (χ0v) is 10.8. The molecule has 22 heavy (non-hydrogen) atoms. The predicted octanol–water partition coefficient (Wildman–Crippen LogP) is -8.21. The maximum Gasteiger partial charge on any atom is 0.191 e. The number of rotatable bonds is 12. The lowest BCUT2D eigenvalue weighted by Gasteiger charge is -2.30. The Morgan fingerprint density at radius 2 is 1.82 bits per heavy atom. The van der Waals surface area contributed by atoms with Crippen LogP contribution in [0.15, 0.2) is 17.9 Å². The molecule has 0 saturated carbocycles. The molecular formula is C4H15N12O6+. The van der Waals surface area contributed by atoms with Crippen molar-refractivity contribution in [2.45, 2.75) is 0 Å². The first kappa shape index (κ1) is 20.3. The summed E-state index contributed by atoms with van der Waals surface area (Å²) in [6, 6.07) is 0. The minimum absolute atomic E-state index is 0.584. The molecule has 0 radical (unpaired) electrons. The van der Waals surface area contributed by atoms with Gasteiger partial charge in [-0.1, -0.05) is 5.34 Å². The second-order valence-corrected chi connectivity index (χ2v) is 2.84. The Morgan fingerprint density at radius 1 is 1.23 bits per heavy atom. The van der Waals surface area contributed by atoms with Gasteiger partial charge in [-0.25, -0.2) is 5.84 Å². The van der Waals surface area contributed by atoms with E-state index >= 15 is 0 Å².